The minimum Gasteiger partial charge on any atom is -0.493 e. The number of aryl methyl sites for hydroxylation is 2. The van der Waals surface area contributed by atoms with Crippen LogP contribution in [0.3, 0.4) is 0 Å². The van der Waals surface area contributed by atoms with Crippen molar-refractivity contribution in [3.05, 3.63) is 47.8 Å². The van der Waals surface area contributed by atoms with Crippen LogP contribution in [-0.4, -0.2) is 22.7 Å². The monoisotopic (exact) mass is 317 g/mol. The van der Waals surface area contributed by atoms with Crippen LogP contribution >= 0.6 is 0 Å². The van der Waals surface area contributed by atoms with Crippen LogP contribution in [0.1, 0.15) is 43.1 Å². The quantitative estimate of drug-likeness (QED) is 0.827. The van der Waals surface area contributed by atoms with Gasteiger partial charge in [-0.15, -0.1) is 0 Å². The minimum atomic E-state index is -0.236. The van der Waals surface area contributed by atoms with E-state index in [0.717, 1.165) is 50.2 Å². The van der Waals surface area contributed by atoms with E-state index in [9.17, 15) is 4.39 Å². The molecule has 1 aliphatic rings. The van der Waals surface area contributed by atoms with Crippen molar-refractivity contribution in [2.45, 2.75) is 45.2 Å². The SMILES string of the molecule is Cc1nccn1CCCCN[C@H]1CCCOc2cc(F)ccc21. The number of halogens is 1. The van der Waals surface area contributed by atoms with E-state index in [1.54, 1.807) is 0 Å². The maximum Gasteiger partial charge on any atom is 0.126 e. The molecule has 3 rings (SSSR count). The van der Waals surface area contributed by atoms with Gasteiger partial charge in [0.1, 0.15) is 17.4 Å². The molecule has 23 heavy (non-hydrogen) atoms. The number of hydrogen-bond donors (Lipinski definition) is 1. The molecule has 0 saturated heterocycles. The van der Waals surface area contributed by atoms with E-state index in [-0.39, 0.29) is 11.9 Å². The Bertz CT molecular complexity index is 641. The van der Waals surface area contributed by atoms with Crippen LogP contribution in [0, 0.1) is 12.7 Å². The summed E-state index contributed by atoms with van der Waals surface area (Å²) in [7, 11) is 0. The fraction of sp³-hybridized carbons (Fsp3) is 0.500. The Morgan fingerprint density at radius 3 is 3.13 bits per heavy atom. The predicted octanol–water partition coefficient (Wildman–Crippen LogP) is 3.61. The highest BCUT2D eigenvalue weighted by molar-refractivity contribution is 5.37. The highest BCUT2D eigenvalue weighted by Crippen LogP contribution is 2.31. The van der Waals surface area contributed by atoms with Gasteiger partial charge in [0.05, 0.1) is 6.61 Å². The third-order valence-electron chi connectivity index (χ3n) is 4.39. The topological polar surface area (TPSA) is 39.1 Å². The molecule has 4 nitrogen and oxygen atoms in total. The summed E-state index contributed by atoms with van der Waals surface area (Å²) in [5.41, 5.74) is 1.08. The van der Waals surface area contributed by atoms with Gasteiger partial charge in [-0.1, -0.05) is 6.07 Å². The lowest BCUT2D eigenvalue weighted by atomic mass is 10.0. The third kappa shape index (κ3) is 4.10. The standard InChI is InChI=1S/C18H24FN3O/c1-14-20-9-11-22(14)10-3-2-8-21-17-5-4-12-23-18-13-15(19)6-7-16(17)18/h6-7,9,11,13,17,21H,2-5,8,10,12H2,1H3/t17-/m0/s1. The van der Waals surface area contributed by atoms with Gasteiger partial charge in [-0.25, -0.2) is 9.37 Å². The van der Waals surface area contributed by atoms with E-state index in [0.29, 0.717) is 12.4 Å². The van der Waals surface area contributed by atoms with Crippen LogP contribution in [0.4, 0.5) is 4.39 Å². The largest absolute Gasteiger partial charge is 0.493 e. The Kier molecular flexibility index (Phi) is 5.28. The predicted molar refractivity (Wildman–Crippen MR) is 88.1 cm³/mol. The Balaban J connectivity index is 1.49. The number of nitrogens with zero attached hydrogens (tertiary/aromatic N) is 2. The number of aromatic nitrogens is 2. The van der Waals surface area contributed by atoms with E-state index in [1.165, 1.54) is 12.1 Å². The summed E-state index contributed by atoms with van der Waals surface area (Å²) < 4.78 is 21.2. The maximum absolute atomic E-state index is 13.4. The first-order valence-corrected chi connectivity index (χ1v) is 8.37. The van der Waals surface area contributed by atoms with Crippen LogP contribution in [0.25, 0.3) is 0 Å². The van der Waals surface area contributed by atoms with Crippen molar-refractivity contribution in [1.82, 2.24) is 14.9 Å². The molecule has 0 aliphatic carbocycles. The molecule has 2 heterocycles. The highest BCUT2D eigenvalue weighted by Gasteiger charge is 2.19. The second-order valence-corrected chi connectivity index (χ2v) is 6.05. The molecule has 0 saturated carbocycles. The number of nitrogens with one attached hydrogen (secondary N) is 1. The molecule has 1 aliphatic heterocycles. The van der Waals surface area contributed by atoms with Crippen molar-refractivity contribution in [3.8, 4) is 5.75 Å². The number of benzene rings is 1. The maximum atomic E-state index is 13.4. The molecule has 1 aromatic heterocycles. The zero-order valence-corrected chi connectivity index (χ0v) is 13.6. The number of hydrogen-bond acceptors (Lipinski definition) is 3. The van der Waals surface area contributed by atoms with Crippen molar-refractivity contribution in [2.75, 3.05) is 13.2 Å². The average molecular weight is 317 g/mol. The molecule has 1 atom stereocenters. The van der Waals surface area contributed by atoms with Crippen molar-refractivity contribution < 1.29 is 9.13 Å². The normalized spacial score (nSPS) is 17.4. The van der Waals surface area contributed by atoms with Gasteiger partial charge < -0.3 is 14.6 Å². The molecular weight excluding hydrogens is 293 g/mol. The number of imidazole rings is 1. The van der Waals surface area contributed by atoms with Crippen molar-refractivity contribution in [2.24, 2.45) is 0 Å². The Morgan fingerprint density at radius 1 is 1.39 bits per heavy atom. The summed E-state index contributed by atoms with van der Waals surface area (Å²) in [6.45, 7) is 4.65. The lowest BCUT2D eigenvalue weighted by Crippen LogP contribution is -2.22. The first-order chi connectivity index (χ1) is 11.2. The van der Waals surface area contributed by atoms with Gasteiger partial charge in [0.2, 0.25) is 0 Å². The zero-order valence-electron chi connectivity index (χ0n) is 13.6. The van der Waals surface area contributed by atoms with Gasteiger partial charge in [-0.05, 0) is 45.2 Å². The molecule has 0 unspecified atom stereocenters. The molecule has 2 aromatic rings. The number of unbranched alkanes of at least 4 members (excludes halogenated alkanes) is 1. The Morgan fingerprint density at radius 2 is 2.30 bits per heavy atom. The number of rotatable bonds is 6. The van der Waals surface area contributed by atoms with Gasteiger partial charge in [0.25, 0.3) is 0 Å². The summed E-state index contributed by atoms with van der Waals surface area (Å²) >= 11 is 0. The fourth-order valence-electron chi connectivity index (χ4n) is 3.08. The smallest absolute Gasteiger partial charge is 0.126 e. The van der Waals surface area contributed by atoms with Gasteiger partial charge in [0, 0.05) is 36.6 Å². The van der Waals surface area contributed by atoms with E-state index in [4.69, 9.17) is 4.74 Å². The number of ether oxygens (including phenoxy) is 1. The van der Waals surface area contributed by atoms with Crippen LogP contribution < -0.4 is 10.1 Å². The summed E-state index contributed by atoms with van der Waals surface area (Å²) in [4.78, 5) is 4.23. The molecule has 0 fully saturated rings. The van der Waals surface area contributed by atoms with Gasteiger partial charge in [0.15, 0.2) is 0 Å². The molecule has 0 bridgehead atoms. The molecule has 0 radical (unpaired) electrons. The van der Waals surface area contributed by atoms with E-state index in [1.807, 2.05) is 25.4 Å². The summed E-state index contributed by atoms with van der Waals surface area (Å²) in [6, 6.07) is 5.12. The Hall–Kier alpha value is -1.88. The average Bonchev–Trinajstić information content (AvgIpc) is 2.84. The van der Waals surface area contributed by atoms with Gasteiger partial charge in [-0.2, -0.15) is 0 Å². The van der Waals surface area contributed by atoms with Crippen molar-refractivity contribution >= 4 is 0 Å². The Labute approximate surface area is 136 Å². The van der Waals surface area contributed by atoms with Crippen molar-refractivity contribution in [3.63, 3.8) is 0 Å². The van der Waals surface area contributed by atoms with Crippen LogP contribution in [0.15, 0.2) is 30.6 Å². The third-order valence-corrected chi connectivity index (χ3v) is 4.39. The van der Waals surface area contributed by atoms with Crippen LogP contribution in [0.2, 0.25) is 0 Å². The summed E-state index contributed by atoms with van der Waals surface area (Å²) in [5.74, 6) is 1.52. The number of fused-ring (bicyclic) bond motifs is 1. The molecule has 1 aromatic carbocycles. The van der Waals surface area contributed by atoms with E-state index < -0.39 is 0 Å². The molecular formula is C18H24FN3O. The highest BCUT2D eigenvalue weighted by atomic mass is 19.1. The molecule has 5 heteroatoms. The first kappa shape index (κ1) is 16.0. The van der Waals surface area contributed by atoms with Gasteiger partial charge >= 0.3 is 0 Å². The second kappa shape index (κ2) is 7.59. The summed E-state index contributed by atoms with van der Waals surface area (Å²) in [6.07, 6.45) is 8.10. The van der Waals surface area contributed by atoms with Gasteiger partial charge in [-0.3, -0.25) is 0 Å². The first-order valence-electron chi connectivity index (χ1n) is 8.37. The lowest BCUT2D eigenvalue weighted by molar-refractivity contribution is 0.313. The molecule has 0 spiro atoms. The van der Waals surface area contributed by atoms with Crippen LogP contribution in [-0.2, 0) is 6.54 Å². The van der Waals surface area contributed by atoms with E-state index >= 15 is 0 Å². The zero-order chi connectivity index (χ0) is 16.1. The molecule has 1 N–H and O–H groups in total. The van der Waals surface area contributed by atoms with Crippen LogP contribution in [0.5, 0.6) is 5.75 Å². The fourth-order valence-corrected chi connectivity index (χ4v) is 3.08. The summed E-state index contributed by atoms with van der Waals surface area (Å²) in [5, 5.41) is 3.60. The minimum absolute atomic E-state index is 0.236. The second-order valence-electron chi connectivity index (χ2n) is 6.05. The molecule has 124 valence electrons. The van der Waals surface area contributed by atoms with E-state index in [2.05, 4.69) is 14.9 Å². The lowest BCUT2D eigenvalue weighted by Gasteiger charge is -2.18. The van der Waals surface area contributed by atoms with Crippen molar-refractivity contribution in [1.29, 1.82) is 0 Å². The molecule has 0 amide bonds.